The summed E-state index contributed by atoms with van der Waals surface area (Å²) in [6.45, 7) is 1.62. The highest BCUT2D eigenvalue weighted by atomic mass is 19.4. The van der Waals surface area contributed by atoms with Gasteiger partial charge >= 0.3 is 12.1 Å². The molecule has 160 valence electrons. The Balaban J connectivity index is 1.63. The van der Waals surface area contributed by atoms with Crippen LogP contribution in [0.4, 0.5) is 13.2 Å². The lowest BCUT2D eigenvalue weighted by molar-refractivity contribution is -0.148. The van der Waals surface area contributed by atoms with Crippen molar-refractivity contribution in [2.24, 2.45) is 0 Å². The number of ether oxygens (including phenoxy) is 2. The van der Waals surface area contributed by atoms with E-state index in [0.717, 1.165) is 34.4 Å². The number of benzene rings is 3. The number of halogens is 3. The highest BCUT2D eigenvalue weighted by Gasteiger charge is 2.29. The van der Waals surface area contributed by atoms with Gasteiger partial charge in [-0.15, -0.1) is 0 Å². The predicted molar refractivity (Wildman–Crippen MR) is 114 cm³/mol. The molecular formula is C25H21F3O3. The van der Waals surface area contributed by atoms with Gasteiger partial charge in [-0.3, -0.25) is 0 Å². The monoisotopic (exact) mass is 426 g/mol. The number of carbonyl (C=O) groups excluding carboxylic acids is 1. The molecule has 0 heterocycles. The number of carbonyl (C=O) groups is 1. The third-order valence-electron chi connectivity index (χ3n) is 4.65. The molecule has 0 amide bonds. The molecule has 0 fully saturated rings. The summed E-state index contributed by atoms with van der Waals surface area (Å²) in [5.74, 6) is 0.125. The number of rotatable bonds is 6. The zero-order valence-corrected chi connectivity index (χ0v) is 17.0. The molecule has 1 atom stereocenters. The lowest BCUT2D eigenvalue weighted by atomic mass is 10.0. The molecule has 3 rings (SSSR count). The van der Waals surface area contributed by atoms with Gasteiger partial charge in [-0.1, -0.05) is 60.7 Å². The van der Waals surface area contributed by atoms with E-state index in [-0.39, 0.29) is 0 Å². The van der Waals surface area contributed by atoms with Gasteiger partial charge in [0.15, 0.2) is 6.10 Å². The third kappa shape index (κ3) is 5.98. The summed E-state index contributed by atoms with van der Waals surface area (Å²) in [5.41, 5.74) is 2.81. The highest BCUT2D eigenvalue weighted by molar-refractivity contribution is 5.75. The van der Waals surface area contributed by atoms with Crippen LogP contribution in [0, 0.1) is 0 Å². The topological polar surface area (TPSA) is 35.5 Å². The molecule has 0 saturated heterocycles. The molecule has 3 aromatic carbocycles. The number of methoxy groups -OCH3 is 1. The average molecular weight is 426 g/mol. The minimum atomic E-state index is -4.34. The molecule has 0 saturated carbocycles. The van der Waals surface area contributed by atoms with E-state index in [9.17, 15) is 18.0 Å². The van der Waals surface area contributed by atoms with E-state index >= 15 is 0 Å². The van der Waals surface area contributed by atoms with Crippen LogP contribution in [-0.2, 0) is 15.7 Å². The van der Waals surface area contributed by atoms with E-state index < -0.39 is 23.8 Å². The van der Waals surface area contributed by atoms with Crippen LogP contribution in [0.1, 0.15) is 23.6 Å². The molecule has 0 aliphatic rings. The molecular weight excluding hydrogens is 405 g/mol. The largest absolute Gasteiger partial charge is 0.479 e. The normalized spacial score (nSPS) is 12.5. The van der Waals surface area contributed by atoms with Crippen molar-refractivity contribution in [1.82, 2.24) is 0 Å². The van der Waals surface area contributed by atoms with E-state index in [1.54, 1.807) is 19.1 Å². The molecule has 3 nitrogen and oxygen atoms in total. The summed E-state index contributed by atoms with van der Waals surface area (Å²) in [6.07, 6.45) is -1.16. The minimum Gasteiger partial charge on any atom is -0.479 e. The molecule has 0 bridgehead atoms. The van der Waals surface area contributed by atoms with E-state index in [4.69, 9.17) is 4.74 Å². The van der Waals surface area contributed by atoms with Crippen molar-refractivity contribution in [3.05, 3.63) is 89.5 Å². The fourth-order valence-corrected chi connectivity index (χ4v) is 2.91. The van der Waals surface area contributed by atoms with Gasteiger partial charge in [0, 0.05) is 0 Å². The van der Waals surface area contributed by atoms with Crippen molar-refractivity contribution in [2.75, 3.05) is 7.11 Å². The third-order valence-corrected chi connectivity index (χ3v) is 4.65. The first-order chi connectivity index (χ1) is 14.8. The maximum absolute atomic E-state index is 12.7. The Kier molecular flexibility index (Phi) is 6.80. The van der Waals surface area contributed by atoms with Crippen molar-refractivity contribution in [2.45, 2.75) is 19.2 Å². The fraction of sp³-hybridized carbons (Fsp3) is 0.160. The first kappa shape index (κ1) is 22.2. The van der Waals surface area contributed by atoms with Gasteiger partial charge in [-0.25, -0.2) is 4.79 Å². The number of hydrogen-bond donors (Lipinski definition) is 0. The standard InChI is InChI=1S/C25H21F3O3/c1-17(24(29)30-2)31-23-15-7-19(8-16-23)4-3-18-5-9-20(10-6-18)21-11-13-22(14-12-21)25(26,27)28/h3-17H,1-2H3. The van der Waals surface area contributed by atoms with Gasteiger partial charge in [-0.2, -0.15) is 13.2 Å². The van der Waals surface area contributed by atoms with Gasteiger partial charge in [0.2, 0.25) is 0 Å². The van der Waals surface area contributed by atoms with E-state index in [1.807, 2.05) is 48.6 Å². The molecule has 0 radical (unpaired) electrons. The second-order valence-corrected chi connectivity index (χ2v) is 6.88. The maximum Gasteiger partial charge on any atom is 0.416 e. The van der Waals surface area contributed by atoms with E-state index in [2.05, 4.69) is 4.74 Å². The number of hydrogen-bond acceptors (Lipinski definition) is 3. The van der Waals surface area contributed by atoms with Crippen LogP contribution < -0.4 is 4.74 Å². The lowest BCUT2D eigenvalue weighted by Gasteiger charge is -2.12. The summed E-state index contributed by atoms with van der Waals surface area (Å²) in [5, 5.41) is 0. The first-order valence-corrected chi connectivity index (χ1v) is 9.56. The summed E-state index contributed by atoms with van der Waals surface area (Å²) in [6, 6.07) is 19.9. The molecule has 6 heteroatoms. The van der Waals surface area contributed by atoms with Gasteiger partial charge in [-0.05, 0) is 53.4 Å². The Bertz CT molecular complexity index is 1040. The summed E-state index contributed by atoms with van der Waals surface area (Å²) in [7, 11) is 1.31. The molecule has 1 unspecified atom stereocenters. The summed E-state index contributed by atoms with van der Waals surface area (Å²) in [4.78, 5) is 11.4. The molecule has 31 heavy (non-hydrogen) atoms. The maximum atomic E-state index is 12.7. The second kappa shape index (κ2) is 9.51. The van der Waals surface area contributed by atoms with Crippen LogP contribution in [0.25, 0.3) is 23.3 Å². The van der Waals surface area contributed by atoms with Crippen molar-refractivity contribution >= 4 is 18.1 Å². The Morgan fingerprint density at radius 2 is 1.26 bits per heavy atom. The van der Waals surface area contributed by atoms with Crippen LogP contribution in [0.3, 0.4) is 0 Å². The summed E-state index contributed by atoms with van der Waals surface area (Å²) >= 11 is 0. The average Bonchev–Trinajstić information content (AvgIpc) is 2.78. The predicted octanol–water partition coefficient (Wildman–Crippen LogP) is 6.48. The minimum absolute atomic E-state index is 0.441. The van der Waals surface area contributed by atoms with Crippen LogP contribution in [0.5, 0.6) is 5.75 Å². The zero-order valence-electron chi connectivity index (χ0n) is 17.0. The smallest absolute Gasteiger partial charge is 0.416 e. The van der Waals surface area contributed by atoms with Crippen molar-refractivity contribution in [3.63, 3.8) is 0 Å². The van der Waals surface area contributed by atoms with E-state index in [0.29, 0.717) is 5.75 Å². The molecule has 0 N–H and O–H groups in total. The molecule has 3 aromatic rings. The van der Waals surface area contributed by atoms with Crippen LogP contribution in [0.15, 0.2) is 72.8 Å². The molecule has 0 aromatic heterocycles. The van der Waals surface area contributed by atoms with Gasteiger partial charge in [0.1, 0.15) is 5.75 Å². The van der Waals surface area contributed by atoms with Crippen LogP contribution in [-0.4, -0.2) is 19.2 Å². The Labute approximate surface area is 178 Å². The van der Waals surface area contributed by atoms with Crippen molar-refractivity contribution in [3.8, 4) is 16.9 Å². The highest BCUT2D eigenvalue weighted by Crippen LogP contribution is 2.31. The van der Waals surface area contributed by atoms with Crippen LogP contribution in [0.2, 0.25) is 0 Å². The first-order valence-electron chi connectivity index (χ1n) is 9.56. The Morgan fingerprint density at radius 3 is 1.71 bits per heavy atom. The number of esters is 1. The molecule has 0 spiro atoms. The van der Waals surface area contributed by atoms with Gasteiger partial charge in [0.05, 0.1) is 12.7 Å². The van der Waals surface area contributed by atoms with Crippen molar-refractivity contribution < 1.29 is 27.4 Å². The summed E-state index contributed by atoms with van der Waals surface area (Å²) < 4.78 is 48.2. The number of alkyl halides is 3. The van der Waals surface area contributed by atoms with E-state index in [1.165, 1.54) is 19.2 Å². The quantitative estimate of drug-likeness (QED) is 0.334. The molecule has 0 aliphatic heterocycles. The van der Waals surface area contributed by atoms with Gasteiger partial charge in [0.25, 0.3) is 0 Å². The molecule has 0 aliphatic carbocycles. The SMILES string of the molecule is COC(=O)C(C)Oc1ccc(C=Cc2ccc(-c3ccc(C(F)(F)F)cc3)cc2)cc1. The van der Waals surface area contributed by atoms with Crippen LogP contribution >= 0.6 is 0 Å². The zero-order chi connectivity index (χ0) is 22.4. The fourth-order valence-electron chi connectivity index (χ4n) is 2.91. The van der Waals surface area contributed by atoms with Crippen molar-refractivity contribution in [1.29, 1.82) is 0 Å². The Hall–Kier alpha value is -3.54. The Morgan fingerprint density at radius 1 is 0.806 bits per heavy atom. The van der Waals surface area contributed by atoms with Gasteiger partial charge < -0.3 is 9.47 Å². The lowest BCUT2D eigenvalue weighted by Crippen LogP contribution is -2.24. The second-order valence-electron chi connectivity index (χ2n) is 6.88.